The van der Waals surface area contributed by atoms with E-state index in [0.29, 0.717) is 5.03 Å². The van der Waals surface area contributed by atoms with Crippen LogP contribution in [0.3, 0.4) is 0 Å². The van der Waals surface area contributed by atoms with Crippen molar-refractivity contribution in [3.05, 3.63) is 35.9 Å². The highest BCUT2D eigenvalue weighted by atomic mass is 35.5. The standard InChI is InChI=1S/C13H13ClN2O/c14-13(4-5-15)11-2-1-3-12(10-11)16-6-8-17-9-7-16/h1-4,10H,6-9H2/b13-4-. The lowest BCUT2D eigenvalue weighted by atomic mass is 10.1. The summed E-state index contributed by atoms with van der Waals surface area (Å²) >= 11 is 6.01. The maximum absolute atomic E-state index is 8.58. The van der Waals surface area contributed by atoms with Crippen LogP contribution < -0.4 is 4.90 Å². The third-order valence-electron chi connectivity index (χ3n) is 2.69. The molecule has 2 rings (SSSR count). The van der Waals surface area contributed by atoms with Crippen LogP contribution >= 0.6 is 11.6 Å². The van der Waals surface area contributed by atoms with Crippen molar-refractivity contribution in [2.45, 2.75) is 0 Å². The molecule has 4 heteroatoms. The summed E-state index contributed by atoms with van der Waals surface area (Å²) < 4.78 is 5.32. The lowest BCUT2D eigenvalue weighted by Gasteiger charge is -2.29. The number of allylic oxidation sites excluding steroid dienone is 1. The molecule has 1 aromatic rings. The molecule has 88 valence electrons. The van der Waals surface area contributed by atoms with E-state index in [4.69, 9.17) is 21.6 Å². The van der Waals surface area contributed by atoms with Crippen molar-refractivity contribution in [3.63, 3.8) is 0 Å². The van der Waals surface area contributed by atoms with E-state index in [0.717, 1.165) is 37.6 Å². The van der Waals surface area contributed by atoms with Gasteiger partial charge in [0.15, 0.2) is 0 Å². The predicted octanol–water partition coefficient (Wildman–Crippen LogP) is 2.63. The largest absolute Gasteiger partial charge is 0.378 e. The van der Waals surface area contributed by atoms with Crippen molar-refractivity contribution in [1.82, 2.24) is 0 Å². The third-order valence-corrected chi connectivity index (χ3v) is 3.02. The van der Waals surface area contributed by atoms with Crippen LogP contribution in [0.4, 0.5) is 5.69 Å². The Bertz CT molecular complexity index is 459. The molecule has 17 heavy (non-hydrogen) atoms. The molecule has 0 atom stereocenters. The minimum Gasteiger partial charge on any atom is -0.378 e. The Morgan fingerprint density at radius 1 is 1.41 bits per heavy atom. The van der Waals surface area contributed by atoms with Gasteiger partial charge >= 0.3 is 0 Å². The second kappa shape index (κ2) is 5.72. The molecule has 0 aliphatic carbocycles. The van der Waals surface area contributed by atoms with Gasteiger partial charge in [-0.1, -0.05) is 23.7 Å². The molecular formula is C13H13ClN2O. The zero-order valence-electron chi connectivity index (χ0n) is 9.40. The number of rotatable bonds is 2. The van der Waals surface area contributed by atoms with Crippen LogP contribution in [0, 0.1) is 11.3 Å². The van der Waals surface area contributed by atoms with Crippen LogP contribution in [-0.2, 0) is 4.74 Å². The molecule has 0 aromatic heterocycles. The van der Waals surface area contributed by atoms with E-state index < -0.39 is 0 Å². The van der Waals surface area contributed by atoms with E-state index in [1.165, 1.54) is 6.08 Å². The molecule has 1 heterocycles. The summed E-state index contributed by atoms with van der Waals surface area (Å²) in [6, 6.07) is 9.84. The van der Waals surface area contributed by atoms with Gasteiger partial charge in [-0.3, -0.25) is 0 Å². The van der Waals surface area contributed by atoms with E-state index in [9.17, 15) is 0 Å². The van der Waals surface area contributed by atoms with Gasteiger partial charge in [0.05, 0.1) is 24.3 Å². The van der Waals surface area contributed by atoms with Gasteiger partial charge in [0.25, 0.3) is 0 Å². The van der Waals surface area contributed by atoms with Gasteiger partial charge in [0.1, 0.15) is 0 Å². The summed E-state index contributed by atoms with van der Waals surface area (Å²) in [5.74, 6) is 0. The molecule has 0 amide bonds. The molecule has 1 saturated heterocycles. The summed E-state index contributed by atoms with van der Waals surface area (Å²) in [6.45, 7) is 3.30. The van der Waals surface area contributed by atoms with Crippen molar-refractivity contribution in [3.8, 4) is 6.07 Å². The normalized spacial score (nSPS) is 16.7. The van der Waals surface area contributed by atoms with Gasteiger partial charge in [-0.2, -0.15) is 5.26 Å². The highest BCUT2D eigenvalue weighted by molar-refractivity contribution is 6.49. The molecule has 0 radical (unpaired) electrons. The van der Waals surface area contributed by atoms with Gasteiger partial charge in [-0.25, -0.2) is 0 Å². The number of halogens is 1. The predicted molar refractivity (Wildman–Crippen MR) is 68.9 cm³/mol. The topological polar surface area (TPSA) is 36.3 Å². The summed E-state index contributed by atoms with van der Waals surface area (Å²) in [5.41, 5.74) is 1.99. The molecule has 0 saturated carbocycles. The van der Waals surface area contributed by atoms with Crippen LogP contribution in [0.2, 0.25) is 0 Å². The van der Waals surface area contributed by atoms with Crippen molar-refractivity contribution < 1.29 is 4.74 Å². The first kappa shape index (κ1) is 12.0. The number of benzene rings is 1. The average Bonchev–Trinajstić information content (AvgIpc) is 2.40. The first-order chi connectivity index (χ1) is 8.31. The van der Waals surface area contributed by atoms with Crippen LogP contribution in [-0.4, -0.2) is 26.3 Å². The van der Waals surface area contributed by atoms with Gasteiger partial charge in [0, 0.05) is 24.9 Å². The summed E-state index contributed by atoms with van der Waals surface area (Å²) in [5, 5.41) is 9.05. The van der Waals surface area contributed by atoms with E-state index in [1.807, 2.05) is 30.3 Å². The van der Waals surface area contributed by atoms with Crippen LogP contribution in [0.25, 0.3) is 5.03 Å². The minimum absolute atomic E-state index is 0.475. The van der Waals surface area contributed by atoms with Gasteiger partial charge in [0.2, 0.25) is 0 Å². The molecule has 0 spiro atoms. The fourth-order valence-electron chi connectivity index (χ4n) is 1.81. The molecule has 1 aliphatic rings. The maximum Gasteiger partial charge on any atom is 0.0927 e. The average molecular weight is 249 g/mol. The van der Waals surface area contributed by atoms with Gasteiger partial charge in [-0.15, -0.1) is 0 Å². The Kier molecular flexibility index (Phi) is 4.03. The molecular weight excluding hydrogens is 236 g/mol. The Hall–Kier alpha value is -1.50. The summed E-state index contributed by atoms with van der Waals surface area (Å²) in [6.07, 6.45) is 1.35. The molecule has 0 unspecified atom stereocenters. The number of ether oxygens (including phenoxy) is 1. The lowest BCUT2D eigenvalue weighted by Crippen LogP contribution is -2.36. The zero-order valence-corrected chi connectivity index (χ0v) is 10.2. The molecule has 0 N–H and O–H groups in total. The number of hydrogen-bond acceptors (Lipinski definition) is 3. The fourth-order valence-corrected chi connectivity index (χ4v) is 1.98. The highest BCUT2D eigenvalue weighted by Gasteiger charge is 2.11. The van der Waals surface area contributed by atoms with Crippen LogP contribution in [0.1, 0.15) is 5.56 Å². The lowest BCUT2D eigenvalue weighted by molar-refractivity contribution is 0.122. The van der Waals surface area contributed by atoms with Crippen LogP contribution in [0.15, 0.2) is 30.3 Å². The Balaban J connectivity index is 2.22. The van der Waals surface area contributed by atoms with Crippen molar-refractivity contribution in [2.24, 2.45) is 0 Å². The maximum atomic E-state index is 8.58. The Labute approximate surface area is 106 Å². The van der Waals surface area contributed by atoms with Gasteiger partial charge in [-0.05, 0) is 17.7 Å². The quantitative estimate of drug-likeness (QED) is 0.755. The highest BCUT2D eigenvalue weighted by Crippen LogP contribution is 2.24. The summed E-state index contributed by atoms with van der Waals surface area (Å²) in [7, 11) is 0. The fraction of sp³-hybridized carbons (Fsp3) is 0.308. The number of hydrogen-bond donors (Lipinski definition) is 0. The minimum atomic E-state index is 0.475. The zero-order chi connectivity index (χ0) is 12.1. The van der Waals surface area contributed by atoms with Gasteiger partial charge < -0.3 is 9.64 Å². The molecule has 1 aliphatic heterocycles. The molecule has 1 fully saturated rings. The number of anilines is 1. The van der Waals surface area contributed by atoms with Crippen molar-refractivity contribution in [2.75, 3.05) is 31.2 Å². The second-order valence-corrected chi connectivity index (χ2v) is 4.18. The SMILES string of the molecule is N#C/C=C(\Cl)c1cccc(N2CCOCC2)c1. The van der Waals surface area contributed by atoms with Crippen molar-refractivity contribution in [1.29, 1.82) is 5.26 Å². The molecule has 3 nitrogen and oxygen atoms in total. The smallest absolute Gasteiger partial charge is 0.0927 e. The van der Waals surface area contributed by atoms with Crippen molar-refractivity contribution >= 4 is 22.3 Å². The number of nitriles is 1. The summed E-state index contributed by atoms with van der Waals surface area (Å²) in [4.78, 5) is 2.25. The second-order valence-electron chi connectivity index (χ2n) is 3.77. The first-order valence-electron chi connectivity index (χ1n) is 5.49. The molecule has 0 bridgehead atoms. The number of nitrogens with zero attached hydrogens (tertiary/aromatic N) is 2. The Morgan fingerprint density at radius 2 is 2.18 bits per heavy atom. The van der Waals surface area contributed by atoms with E-state index in [1.54, 1.807) is 0 Å². The van der Waals surface area contributed by atoms with Crippen LogP contribution in [0.5, 0.6) is 0 Å². The monoisotopic (exact) mass is 248 g/mol. The number of morpholine rings is 1. The molecule has 1 aromatic carbocycles. The Morgan fingerprint density at radius 3 is 2.88 bits per heavy atom. The van der Waals surface area contributed by atoms with E-state index in [2.05, 4.69) is 4.90 Å². The van der Waals surface area contributed by atoms with E-state index in [-0.39, 0.29) is 0 Å². The van der Waals surface area contributed by atoms with E-state index >= 15 is 0 Å². The third kappa shape index (κ3) is 3.00. The first-order valence-corrected chi connectivity index (χ1v) is 5.87.